The standard InChI is InChI=1S/C16H14N2O3S.C3H6O/c1-11-15(12-7-9-14(10-8-12)22(17,19)20)16(18-21-11)13-5-3-2-4-6-13;1-2-3-4/h2-10H,1H3,(H2,17,19,20);3H,2H2,1H3. The molecular formula is C19H20N2O4S. The fraction of sp³-hybridized carbons (Fsp3) is 0.158. The molecule has 0 aliphatic heterocycles. The number of hydrogen-bond donors (Lipinski definition) is 1. The van der Waals surface area contributed by atoms with Crippen LogP contribution in [0.5, 0.6) is 0 Å². The van der Waals surface area contributed by atoms with Gasteiger partial charge in [-0.25, -0.2) is 13.6 Å². The maximum Gasteiger partial charge on any atom is 0.238 e. The number of aromatic nitrogens is 1. The van der Waals surface area contributed by atoms with Crippen molar-refractivity contribution in [2.75, 3.05) is 0 Å². The predicted octanol–water partition coefficient (Wildman–Crippen LogP) is 3.56. The molecule has 0 amide bonds. The van der Waals surface area contributed by atoms with Crippen molar-refractivity contribution in [3.63, 3.8) is 0 Å². The minimum Gasteiger partial charge on any atom is -0.360 e. The molecule has 7 heteroatoms. The van der Waals surface area contributed by atoms with E-state index < -0.39 is 10.0 Å². The summed E-state index contributed by atoms with van der Waals surface area (Å²) < 4.78 is 28.0. The highest BCUT2D eigenvalue weighted by atomic mass is 32.2. The third-order valence-electron chi connectivity index (χ3n) is 3.55. The minimum absolute atomic E-state index is 0.0756. The van der Waals surface area contributed by atoms with Crippen LogP contribution in [0.1, 0.15) is 19.1 Å². The number of primary sulfonamides is 1. The lowest BCUT2D eigenvalue weighted by Crippen LogP contribution is -2.11. The van der Waals surface area contributed by atoms with Gasteiger partial charge in [-0.15, -0.1) is 0 Å². The van der Waals surface area contributed by atoms with Gasteiger partial charge in [0, 0.05) is 12.0 Å². The molecule has 1 aromatic heterocycles. The van der Waals surface area contributed by atoms with E-state index in [0.29, 0.717) is 12.2 Å². The van der Waals surface area contributed by atoms with Crippen LogP contribution >= 0.6 is 0 Å². The van der Waals surface area contributed by atoms with E-state index >= 15 is 0 Å². The highest BCUT2D eigenvalue weighted by molar-refractivity contribution is 7.89. The molecule has 2 aromatic carbocycles. The van der Waals surface area contributed by atoms with Gasteiger partial charge in [0.1, 0.15) is 17.7 Å². The second kappa shape index (κ2) is 8.55. The number of sulfonamides is 1. The van der Waals surface area contributed by atoms with Gasteiger partial charge in [0.05, 0.1) is 10.5 Å². The first-order valence-corrected chi connectivity index (χ1v) is 9.51. The van der Waals surface area contributed by atoms with Crippen LogP contribution in [0.15, 0.2) is 64.0 Å². The molecule has 0 aliphatic carbocycles. The average molecular weight is 372 g/mol. The summed E-state index contributed by atoms with van der Waals surface area (Å²) in [7, 11) is -3.70. The van der Waals surface area contributed by atoms with E-state index in [1.54, 1.807) is 12.1 Å². The van der Waals surface area contributed by atoms with E-state index in [9.17, 15) is 13.2 Å². The van der Waals surface area contributed by atoms with E-state index in [-0.39, 0.29) is 4.90 Å². The highest BCUT2D eigenvalue weighted by Crippen LogP contribution is 2.34. The SMILES string of the molecule is CCC=O.Cc1onc(-c2ccccc2)c1-c1ccc(S(N)(=O)=O)cc1. The molecule has 1 heterocycles. The number of carbonyl (C=O) groups excluding carboxylic acids is 1. The average Bonchev–Trinajstić information content (AvgIpc) is 3.03. The van der Waals surface area contributed by atoms with Crippen molar-refractivity contribution in [3.05, 3.63) is 60.4 Å². The molecule has 3 aromatic rings. The highest BCUT2D eigenvalue weighted by Gasteiger charge is 2.17. The van der Waals surface area contributed by atoms with Crippen LogP contribution in [-0.4, -0.2) is 19.9 Å². The van der Waals surface area contributed by atoms with Gasteiger partial charge in [-0.3, -0.25) is 0 Å². The molecule has 0 unspecified atom stereocenters. The van der Waals surface area contributed by atoms with Gasteiger partial charge in [0.15, 0.2) is 0 Å². The van der Waals surface area contributed by atoms with Crippen LogP contribution in [0, 0.1) is 6.92 Å². The van der Waals surface area contributed by atoms with E-state index in [1.807, 2.05) is 44.2 Å². The van der Waals surface area contributed by atoms with Gasteiger partial charge < -0.3 is 9.32 Å². The third-order valence-corrected chi connectivity index (χ3v) is 4.48. The van der Waals surface area contributed by atoms with Gasteiger partial charge >= 0.3 is 0 Å². The Balaban J connectivity index is 0.000000552. The molecule has 0 saturated carbocycles. The van der Waals surface area contributed by atoms with Crippen LogP contribution in [0.2, 0.25) is 0 Å². The first-order chi connectivity index (χ1) is 12.4. The third kappa shape index (κ3) is 4.65. The zero-order chi connectivity index (χ0) is 19.2. The molecule has 3 rings (SSSR count). The van der Waals surface area contributed by atoms with E-state index in [0.717, 1.165) is 28.7 Å². The zero-order valence-electron chi connectivity index (χ0n) is 14.5. The van der Waals surface area contributed by atoms with Gasteiger partial charge in [0.25, 0.3) is 0 Å². The van der Waals surface area contributed by atoms with Crippen LogP contribution in [0.3, 0.4) is 0 Å². The topological polar surface area (TPSA) is 103 Å². The van der Waals surface area contributed by atoms with Crippen molar-refractivity contribution in [1.29, 1.82) is 0 Å². The molecule has 0 atom stereocenters. The lowest BCUT2D eigenvalue weighted by atomic mass is 10.00. The number of aryl methyl sites for hydroxylation is 1. The number of hydrogen-bond acceptors (Lipinski definition) is 5. The van der Waals surface area contributed by atoms with Gasteiger partial charge in [-0.1, -0.05) is 54.5 Å². The summed E-state index contributed by atoms with van der Waals surface area (Å²) in [5, 5.41) is 9.23. The molecule has 0 bridgehead atoms. The first-order valence-electron chi connectivity index (χ1n) is 7.97. The summed E-state index contributed by atoms with van der Waals surface area (Å²) in [6, 6.07) is 16.0. The van der Waals surface area contributed by atoms with Crippen molar-refractivity contribution >= 4 is 16.3 Å². The van der Waals surface area contributed by atoms with Crippen LogP contribution in [0.25, 0.3) is 22.4 Å². The van der Waals surface area contributed by atoms with E-state index in [4.69, 9.17) is 9.66 Å². The molecular weight excluding hydrogens is 352 g/mol. The van der Waals surface area contributed by atoms with Crippen molar-refractivity contribution in [2.24, 2.45) is 5.14 Å². The van der Waals surface area contributed by atoms with Crippen molar-refractivity contribution in [3.8, 4) is 22.4 Å². The fourth-order valence-electron chi connectivity index (χ4n) is 2.32. The quantitative estimate of drug-likeness (QED) is 0.705. The largest absolute Gasteiger partial charge is 0.360 e. The number of nitrogens with two attached hydrogens (primary N) is 1. The second-order valence-electron chi connectivity index (χ2n) is 5.47. The molecule has 0 saturated heterocycles. The zero-order valence-corrected chi connectivity index (χ0v) is 15.4. The minimum atomic E-state index is -3.70. The molecule has 26 heavy (non-hydrogen) atoms. The van der Waals surface area contributed by atoms with E-state index in [2.05, 4.69) is 5.16 Å². The Morgan fingerprint density at radius 3 is 2.12 bits per heavy atom. The van der Waals surface area contributed by atoms with Gasteiger partial charge in [-0.05, 0) is 24.6 Å². The smallest absolute Gasteiger partial charge is 0.238 e. The number of nitrogens with zero attached hydrogens (tertiary/aromatic N) is 1. The first kappa shape index (κ1) is 19.6. The van der Waals surface area contributed by atoms with Crippen molar-refractivity contribution < 1.29 is 17.7 Å². The number of benzene rings is 2. The number of carbonyl (C=O) groups is 1. The summed E-state index contributed by atoms with van der Waals surface area (Å²) >= 11 is 0. The molecule has 136 valence electrons. The van der Waals surface area contributed by atoms with Gasteiger partial charge in [0.2, 0.25) is 10.0 Å². The van der Waals surface area contributed by atoms with E-state index in [1.165, 1.54) is 12.1 Å². The Kier molecular flexibility index (Phi) is 6.43. The summed E-state index contributed by atoms with van der Waals surface area (Å²) in [5.41, 5.74) is 3.32. The summed E-state index contributed by atoms with van der Waals surface area (Å²) in [5.74, 6) is 0.669. The molecule has 2 N–H and O–H groups in total. The van der Waals surface area contributed by atoms with Gasteiger partial charge in [-0.2, -0.15) is 0 Å². The maximum atomic E-state index is 11.3. The number of aldehydes is 1. The van der Waals surface area contributed by atoms with Crippen LogP contribution < -0.4 is 5.14 Å². The van der Waals surface area contributed by atoms with Crippen LogP contribution in [0.4, 0.5) is 0 Å². The summed E-state index contributed by atoms with van der Waals surface area (Å²) in [4.78, 5) is 9.25. The monoisotopic (exact) mass is 372 g/mol. The normalized spacial score (nSPS) is 10.7. The Morgan fingerprint density at radius 2 is 1.62 bits per heavy atom. The lowest BCUT2D eigenvalue weighted by Gasteiger charge is -2.04. The number of rotatable bonds is 4. The van der Waals surface area contributed by atoms with Crippen LogP contribution in [-0.2, 0) is 14.8 Å². The molecule has 0 aliphatic rings. The maximum absolute atomic E-state index is 11.3. The molecule has 0 spiro atoms. The summed E-state index contributed by atoms with van der Waals surface area (Å²) in [6.45, 7) is 3.63. The predicted molar refractivity (Wildman–Crippen MR) is 99.8 cm³/mol. The second-order valence-corrected chi connectivity index (χ2v) is 7.03. The fourth-order valence-corrected chi connectivity index (χ4v) is 2.83. The Morgan fingerprint density at radius 1 is 1.04 bits per heavy atom. The Labute approximate surface area is 152 Å². The van der Waals surface area contributed by atoms with Crippen molar-refractivity contribution in [1.82, 2.24) is 5.16 Å². The summed E-state index contributed by atoms with van der Waals surface area (Å²) in [6.07, 6.45) is 1.51. The Bertz CT molecular complexity index is 963. The molecule has 0 radical (unpaired) electrons. The Hall–Kier alpha value is -2.77. The lowest BCUT2D eigenvalue weighted by molar-refractivity contribution is -0.107. The molecule has 6 nitrogen and oxygen atoms in total. The molecule has 0 fully saturated rings. The van der Waals surface area contributed by atoms with Crippen molar-refractivity contribution in [2.45, 2.75) is 25.2 Å².